The quantitative estimate of drug-likeness (QED) is 0.484. The van der Waals surface area contributed by atoms with Crippen molar-refractivity contribution >= 4 is 17.4 Å². The molecule has 2 aromatic heterocycles. The Balaban J connectivity index is 2.02. The number of hydrazine groups is 1. The van der Waals surface area contributed by atoms with Crippen LogP contribution in [-0.2, 0) is 5.75 Å². The average molecular weight is 235 g/mol. The van der Waals surface area contributed by atoms with Crippen molar-refractivity contribution < 1.29 is 4.42 Å². The largest absolute Gasteiger partial charge is 0.468 e. The lowest BCUT2D eigenvalue weighted by Crippen LogP contribution is -2.07. The van der Waals surface area contributed by atoms with E-state index in [9.17, 15) is 0 Å². The van der Waals surface area contributed by atoms with Gasteiger partial charge in [-0.25, -0.2) is 0 Å². The molecule has 0 amide bonds. The molecule has 0 aliphatic heterocycles. The van der Waals surface area contributed by atoms with E-state index in [0.717, 1.165) is 27.8 Å². The van der Waals surface area contributed by atoms with E-state index in [-0.39, 0.29) is 0 Å². The van der Waals surface area contributed by atoms with E-state index in [2.05, 4.69) is 10.4 Å². The smallest absolute Gasteiger partial charge is 0.114 e. The third kappa shape index (κ3) is 2.56. The Kier molecular flexibility index (Phi) is 3.48. The summed E-state index contributed by atoms with van der Waals surface area (Å²) >= 11 is 1.70. The molecule has 2 heterocycles. The van der Waals surface area contributed by atoms with Crippen LogP contribution in [0.2, 0.25) is 0 Å². The zero-order valence-corrected chi connectivity index (χ0v) is 9.75. The zero-order valence-electron chi connectivity index (χ0n) is 8.93. The highest BCUT2D eigenvalue weighted by atomic mass is 32.2. The molecule has 3 N–H and O–H groups in total. The molecular weight excluding hydrogens is 222 g/mol. The predicted octanol–water partition coefficient (Wildman–Crippen LogP) is 2.56. The van der Waals surface area contributed by atoms with Gasteiger partial charge >= 0.3 is 0 Å². The number of furan rings is 1. The molecule has 0 radical (unpaired) electrons. The summed E-state index contributed by atoms with van der Waals surface area (Å²) in [7, 11) is 0. The van der Waals surface area contributed by atoms with Crippen molar-refractivity contribution in [2.45, 2.75) is 17.6 Å². The molecule has 0 aliphatic rings. The third-order valence-electron chi connectivity index (χ3n) is 2.17. The van der Waals surface area contributed by atoms with Gasteiger partial charge in [-0.2, -0.15) is 0 Å². The fraction of sp³-hybridized carbons (Fsp3) is 0.182. The number of hydrogen-bond donors (Lipinski definition) is 2. The highest BCUT2D eigenvalue weighted by Crippen LogP contribution is 2.26. The lowest BCUT2D eigenvalue weighted by Gasteiger charge is -2.03. The van der Waals surface area contributed by atoms with Gasteiger partial charge in [0, 0.05) is 16.8 Å². The fourth-order valence-electron chi connectivity index (χ4n) is 1.32. The van der Waals surface area contributed by atoms with Gasteiger partial charge in [0.05, 0.1) is 17.6 Å². The maximum atomic E-state index is 5.33. The van der Waals surface area contributed by atoms with Crippen molar-refractivity contribution in [1.29, 1.82) is 0 Å². The van der Waals surface area contributed by atoms with Crippen LogP contribution in [0.3, 0.4) is 0 Å². The van der Waals surface area contributed by atoms with E-state index in [1.807, 2.05) is 25.1 Å². The van der Waals surface area contributed by atoms with Crippen molar-refractivity contribution in [3.63, 3.8) is 0 Å². The first-order valence-electron chi connectivity index (χ1n) is 4.88. The Morgan fingerprint density at radius 1 is 1.50 bits per heavy atom. The maximum absolute atomic E-state index is 5.33. The number of thioether (sulfide) groups is 1. The number of rotatable bonds is 4. The first-order valence-corrected chi connectivity index (χ1v) is 5.86. The summed E-state index contributed by atoms with van der Waals surface area (Å²) in [6.07, 6.45) is 3.44. The lowest BCUT2D eigenvalue weighted by atomic mass is 10.3. The van der Waals surface area contributed by atoms with Gasteiger partial charge in [0.1, 0.15) is 5.76 Å². The molecule has 16 heavy (non-hydrogen) atoms. The number of anilines is 1. The van der Waals surface area contributed by atoms with Crippen LogP contribution in [0.15, 0.2) is 40.0 Å². The van der Waals surface area contributed by atoms with Crippen LogP contribution in [0.1, 0.15) is 11.5 Å². The van der Waals surface area contributed by atoms with E-state index in [1.54, 1.807) is 24.2 Å². The molecule has 0 aromatic carbocycles. The molecule has 2 aromatic rings. The van der Waals surface area contributed by atoms with E-state index in [1.165, 1.54) is 0 Å². The summed E-state index contributed by atoms with van der Waals surface area (Å²) in [5.41, 5.74) is 4.46. The van der Waals surface area contributed by atoms with Gasteiger partial charge in [-0.3, -0.25) is 10.8 Å². The molecule has 0 unspecified atom stereocenters. The van der Waals surface area contributed by atoms with Gasteiger partial charge in [0.15, 0.2) is 0 Å². The van der Waals surface area contributed by atoms with Crippen molar-refractivity contribution in [2.24, 2.45) is 5.84 Å². The van der Waals surface area contributed by atoms with Gasteiger partial charge in [-0.15, -0.1) is 11.8 Å². The molecule has 0 saturated carbocycles. The Morgan fingerprint density at radius 2 is 2.38 bits per heavy atom. The summed E-state index contributed by atoms with van der Waals surface area (Å²) in [6.45, 7) is 1.95. The van der Waals surface area contributed by atoms with Crippen molar-refractivity contribution in [3.8, 4) is 0 Å². The summed E-state index contributed by atoms with van der Waals surface area (Å²) < 4.78 is 5.22. The maximum Gasteiger partial charge on any atom is 0.114 e. The second-order valence-corrected chi connectivity index (χ2v) is 4.33. The van der Waals surface area contributed by atoms with Crippen molar-refractivity contribution in [2.75, 3.05) is 5.43 Å². The predicted molar refractivity (Wildman–Crippen MR) is 65.1 cm³/mol. The van der Waals surface area contributed by atoms with Gasteiger partial charge < -0.3 is 9.84 Å². The number of nitrogens with zero attached hydrogens (tertiary/aromatic N) is 1. The number of aromatic nitrogens is 1. The molecule has 2 rings (SSSR count). The summed E-state index contributed by atoms with van der Waals surface area (Å²) in [5, 5.41) is 0. The van der Waals surface area contributed by atoms with Crippen LogP contribution in [0.25, 0.3) is 0 Å². The second kappa shape index (κ2) is 5.05. The number of nitrogen functional groups attached to an aromatic ring is 1. The van der Waals surface area contributed by atoms with Gasteiger partial charge in [0.25, 0.3) is 0 Å². The number of nitrogens with one attached hydrogen (secondary N) is 1. The van der Waals surface area contributed by atoms with Gasteiger partial charge in [-0.05, 0) is 25.1 Å². The van der Waals surface area contributed by atoms with E-state index in [4.69, 9.17) is 10.3 Å². The standard InChI is InChI=1S/C11H13N3OS/c1-8-11(3-5-15-8)16-7-10-6-9(14-12)2-4-13-10/h2-6H,7,12H2,1H3,(H,13,14). The molecule has 0 atom stereocenters. The summed E-state index contributed by atoms with van der Waals surface area (Å²) in [5.74, 6) is 7.08. The van der Waals surface area contributed by atoms with Crippen LogP contribution >= 0.6 is 11.8 Å². The van der Waals surface area contributed by atoms with E-state index >= 15 is 0 Å². The molecule has 0 bridgehead atoms. The van der Waals surface area contributed by atoms with Crippen LogP contribution in [0.4, 0.5) is 5.69 Å². The molecule has 0 aliphatic carbocycles. The fourth-order valence-corrected chi connectivity index (χ4v) is 2.19. The van der Waals surface area contributed by atoms with Crippen LogP contribution < -0.4 is 11.3 Å². The Morgan fingerprint density at radius 3 is 3.06 bits per heavy atom. The Labute approximate surface area is 98.2 Å². The first kappa shape index (κ1) is 11.0. The molecular formula is C11H13N3OS. The first-order chi connectivity index (χ1) is 7.79. The monoisotopic (exact) mass is 235 g/mol. The van der Waals surface area contributed by atoms with E-state index < -0.39 is 0 Å². The molecule has 0 saturated heterocycles. The number of nitrogens with two attached hydrogens (primary N) is 1. The Hall–Kier alpha value is -1.46. The minimum atomic E-state index is 0.801. The minimum absolute atomic E-state index is 0.801. The zero-order chi connectivity index (χ0) is 11.4. The molecule has 5 heteroatoms. The Bertz CT molecular complexity index is 470. The molecule has 0 spiro atoms. The normalized spacial score (nSPS) is 10.4. The molecule has 4 nitrogen and oxygen atoms in total. The molecule has 84 valence electrons. The van der Waals surface area contributed by atoms with Crippen molar-refractivity contribution in [3.05, 3.63) is 42.1 Å². The highest BCUT2D eigenvalue weighted by molar-refractivity contribution is 7.98. The van der Waals surface area contributed by atoms with Gasteiger partial charge in [0.2, 0.25) is 0 Å². The number of hydrogen-bond acceptors (Lipinski definition) is 5. The number of aryl methyl sites for hydroxylation is 1. The highest BCUT2D eigenvalue weighted by Gasteiger charge is 2.03. The van der Waals surface area contributed by atoms with Crippen molar-refractivity contribution in [1.82, 2.24) is 4.98 Å². The van der Waals surface area contributed by atoms with E-state index in [0.29, 0.717) is 0 Å². The topological polar surface area (TPSA) is 64.1 Å². The van der Waals surface area contributed by atoms with Gasteiger partial charge in [-0.1, -0.05) is 0 Å². The number of pyridine rings is 1. The third-order valence-corrected chi connectivity index (χ3v) is 3.34. The second-order valence-electron chi connectivity index (χ2n) is 3.31. The average Bonchev–Trinajstić information content (AvgIpc) is 2.72. The summed E-state index contributed by atoms with van der Waals surface area (Å²) in [6, 6.07) is 5.73. The van der Waals surface area contributed by atoms with Crippen LogP contribution in [-0.4, -0.2) is 4.98 Å². The molecule has 0 fully saturated rings. The lowest BCUT2D eigenvalue weighted by molar-refractivity contribution is 0.527. The minimum Gasteiger partial charge on any atom is -0.468 e. The van der Waals surface area contributed by atoms with Crippen LogP contribution in [0.5, 0.6) is 0 Å². The summed E-state index contributed by atoms with van der Waals surface area (Å²) in [4.78, 5) is 5.42. The SMILES string of the molecule is Cc1occc1SCc1cc(NN)ccn1. The van der Waals surface area contributed by atoms with Crippen LogP contribution in [0, 0.1) is 6.92 Å².